The largest absolute Gasteiger partial charge is 0.450 e. The molecule has 8 nitrogen and oxygen atoms in total. The molecule has 0 N–H and O–H groups in total. The summed E-state index contributed by atoms with van der Waals surface area (Å²) in [5.74, 6) is -0.289. The smallest absolute Gasteiger partial charge is 0.296 e. The summed E-state index contributed by atoms with van der Waals surface area (Å²) in [5.41, 5.74) is 1.27. The predicted octanol–water partition coefficient (Wildman–Crippen LogP) is 4.15. The van der Waals surface area contributed by atoms with Gasteiger partial charge in [-0.15, -0.1) is 0 Å². The van der Waals surface area contributed by atoms with Gasteiger partial charge in [0.25, 0.3) is 11.6 Å². The summed E-state index contributed by atoms with van der Waals surface area (Å²) in [6.07, 6.45) is 1.53. The molecule has 152 valence electrons. The Morgan fingerprint density at radius 1 is 1.06 bits per heavy atom. The van der Waals surface area contributed by atoms with E-state index >= 15 is 0 Å². The van der Waals surface area contributed by atoms with Crippen molar-refractivity contribution in [1.82, 2.24) is 4.98 Å². The first-order valence-corrected chi connectivity index (χ1v) is 9.52. The minimum Gasteiger partial charge on any atom is -0.450 e. The number of pyridine rings is 1. The molecule has 1 aliphatic rings. The summed E-state index contributed by atoms with van der Waals surface area (Å²) in [6.45, 7) is 1.86. The topological polar surface area (TPSA) is 107 Å². The lowest BCUT2D eigenvalue weighted by atomic mass is 9.97. The number of amides is 1. The molecule has 31 heavy (non-hydrogen) atoms. The molecule has 8 heteroatoms. The number of aryl methyl sites for hydroxylation is 1. The highest BCUT2D eigenvalue weighted by atomic mass is 16.6. The molecule has 0 saturated heterocycles. The number of nitro benzene ring substituents is 1. The van der Waals surface area contributed by atoms with Crippen molar-refractivity contribution in [2.45, 2.75) is 13.0 Å². The fourth-order valence-electron chi connectivity index (χ4n) is 3.94. The number of hydrogen-bond donors (Lipinski definition) is 0. The average molecular weight is 413 g/mol. The van der Waals surface area contributed by atoms with Gasteiger partial charge in [-0.3, -0.25) is 24.6 Å². The van der Waals surface area contributed by atoms with Gasteiger partial charge in [0.2, 0.25) is 5.76 Å². The molecule has 0 fully saturated rings. The van der Waals surface area contributed by atoms with Crippen LogP contribution in [0.1, 0.15) is 33.3 Å². The van der Waals surface area contributed by atoms with E-state index in [2.05, 4.69) is 4.98 Å². The van der Waals surface area contributed by atoms with E-state index in [1.807, 2.05) is 6.92 Å². The number of nitro groups is 1. The monoisotopic (exact) mass is 413 g/mol. The number of nitrogens with zero attached hydrogens (tertiary/aromatic N) is 3. The van der Waals surface area contributed by atoms with Gasteiger partial charge in [0.1, 0.15) is 11.4 Å². The van der Waals surface area contributed by atoms with E-state index in [1.165, 1.54) is 29.3 Å². The molecule has 0 saturated carbocycles. The van der Waals surface area contributed by atoms with Gasteiger partial charge >= 0.3 is 0 Å². The summed E-state index contributed by atoms with van der Waals surface area (Å²) in [6, 6.07) is 15.2. The first kappa shape index (κ1) is 18.7. The van der Waals surface area contributed by atoms with E-state index in [9.17, 15) is 19.7 Å². The molecule has 0 spiro atoms. The number of non-ortho nitro benzene ring substituents is 1. The van der Waals surface area contributed by atoms with Gasteiger partial charge < -0.3 is 4.42 Å². The Labute approximate surface area is 175 Å². The lowest BCUT2D eigenvalue weighted by molar-refractivity contribution is -0.384. The van der Waals surface area contributed by atoms with Crippen molar-refractivity contribution >= 4 is 28.4 Å². The van der Waals surface area contributed by atoms with Crippen LogP contribution in [-0.4, -0.2) is 15.8 Å². The Morgan fingerprint density at radius 3 is 2.65 bits per heavy atom. The maximum atomic E-state index is 13.5. The van der Waals surface area contributed by atoms with Gasteiger partial charge in [-0.05, 0) is 36.8 Å². The highest BCUT2D eigenvalue weighted by Gasteiger charge is 2.44. The zero-order valence-corrected chi connectivity index (χ0v) is 16.3. The quantitative estimate of drug-likeness (QED) is 0.369. The lowest BCUT2D eigenvalue weighted by Gasteiger charge is -2.23. The number of rotatable bonds is 3. The molecule has 1 atom stereocenters. The van der Waals surface area contributed by atoms with Gasteiger partial charge in [-0.25, -0.2) is 4.98 Å². The Kier molecular flexibility index (Phi) is 4.14. The average Bonchev–Trinajstić information content (AvgIpc) is 3.07. The first-order chi connectivity index (χ1) is 15.0. The fourth-order valence-corrected chi connectivity index (χ4v) is 3.94. The maximum Gasteiger partial charge on any atom is 0.296 e. The van der Waals surface area contributed by atoms with E-state index in [4.69, 9.17) is 4.42 Å². The normalized spacial score (nSPS) is 15.3. The zero-order valence-electron chi connectivity index (χ0n) is 16.3. The number of aromatic nitrogens is 1. The van der Waals surface area contributed by atoms with Crippen molar-refractivity contribution in [3.63, 3.8) is 0 Å². The summed E-state index contributed by atoms with van der Waals surface area (Å²) < 4.78 is 5.88. The van der Waals surface area contributed by atoms with Crippen LogP contribution in [0, 0.1) is 17.0 Å². The number of fused-ring (bicyclic) bond motifs is 2. The van der Waals surface area contributed by atoms with E-state index in [1.54, 1.807) is 42.5 Å². The standard InChI is InChI=1S/C23H15N3O5/c1-13-8-9-17-16(11-13)21(27)19-20(14-5-4-6-15(12-14)26(29)30)25(23(28)22(19)31-17)18-7-2-3-10-24-18/h2-12,20H,1H3/t20-/m0/s1. The molecule has 0 unspecified atom stereocenters. The van der Waals surface area contributed by atoms with E-state index in [0.717, 1.165) is 5.56 Å². The molecule has 0 aliphatic carbocycles. The molecule has 1 aliphatic heterocycles. The van der Waals surface area contributed by atoms with Gasteiger partial charge in [0, 0.05) is 18.3 Å². The fraction of sp³-hybridized carbons (Fsp3) is 0.0870. The second-order valence-corrected chi connectivity index (χ2v) is 7.29. The Balaban J connectivity index is 1.83. The van der Waals surface area contributed by atoms with E-state index < -0.39 is 16.9 Å². The molecule has 1 amide bonds. The molecule has 2 aromatic heterocycles. The molecular formula is C23H15N3O5. The summed E-state index contributed by atoms with van der Waals surface area (Å²) >= 11 is 0. The second kappa shape index (κ2) is 6.88. The van der Waals surface area contributed by atoms with Crippen LogP contribution in [0.2, 0.25) is 0 Å². The van der Waals surface area contributed by atoms with Gasteiger partial charge in [0.15, 0.2) is 5.43 Å². The van der Waals surface area contributed by atoms with Crippen molar-refractivity contribution in [2.75, 3.05) is 4.90 Å². The van der Waals surface area contributed by atoms with Crippen LogP contribution in [0.25, 0.3) is 11.0 Å². The number of carbonyl (C=O) groups is 1. The van der Waals surface area contributed by atoms with Gasteiger partial charge in [0.05, 0.1) is 21.9 Å². The molecule has 0 bridgehead atoms. The van der Waals surface area contributed by atoms with Gasteiger partial charge in [-0.2, -0.15) is 0 Å². The molecule has 2 aromatic carbocycles. The van der Waals surface area contributed by atoms with Crippen molar-refractivity contribution in [1.29, 1.82) is 0 Å². The number of benzene rings is 2. The van der Waals surface area contributed by atoms with Crippen LogP contribution in [0.3, 0.4) is 0 Å². The van der Waals surface area contributed by atoms with Crippen molar-refractivity contribution < 1.29 is 14.1 Å². The summed E-state index contributed by atoms with van der Waals surface area (Å²) in [7, 11) is 0. The minimum atomic E-state index is -0.904. The molecule has 4 aromatic rings. The van der Waals surface area contributed by atoms with Crippen LogP contribution in [0.15, 0.2) is 76.1 Å². The van der Waals surface area contributed by atoms with Crippen LogP contribution < -0.4 is 10.3 Å². The van der Waals surface area contributed by atoms with E-state index in [0.29, 0.717) is 22.4 Å². The van der Waals surface area contributed by atoms with Crippen LogP contribution in [0.5, 0.6) is 0 Å². The zero-order chi connectivity index (χ0) is 21.7. The second-order valence-electron chi connectivity index (χ2n) is 7.29. The van der Waals surface area contributed by atoms with Crippen molar-refractivity contribution in [3.05, 3.63) is 110 Å². The maximum absolute atomic E-state index is 13.5. The lowest BCUT2D eigenvalue weighted by Crippen LogP contribution is -2.30. The van der Waals surface area contributed by atoms with Crippen LogP contribution >= 0.6 is 0 Å². The predicted molar refractivity (Wildman–Crippen MR) is 113 cm³/mol. The Morgan fingerprint density at radius 2 is 1.90 bits per heavy atom. The number of anilines is 1. The van der Waals surface area contributed by atoms with Crippen molar-refractivity contribution in [3.8, 4) is 0 Å². The highest BCUT2D eigenvalue weighted by Crippen LogP contribution is 2.41. The molecule has 5 rings (SSSR count). The SMILES string of the molecule is Cc1ccc2oc3c(c(=O)c2c1)[C@H](c1cccc([N+](=O)[O-])c1)N(c1ccccn1)C3=O. The van der Waals surface area contributed by atoms with Crippen LogP contribution in [-0.2, 0) is 0 Å². The minimum absolute atomic E-state index is 0.0801. The number of carbonyl (C=O) groups excluding carboxylic acids is 1. The molecular weight excluding hydrogens is 398 g/mol. The molecule has 3 heterocycles. The third-order valence-electron chi connectivity index (χ3n) is 5.32. The van der Waals surface area contributed by atoms with Gasteiger partial charge in [-0.1, -0.05) is 29.8 Å². The molecule has 0 radical (unpaired) electrons. The number of hydrogen-bond acceptors (Lipinski definition) is 6. The summed E-state index contributed by atoms with van der Waals surface area (Å²) in [4.78, 5) is 43.3. The third kappa shape index (κ3) is 2.88. The third-order valence-corrected chi connectivity index (χ3v) is 5.32. The van der Waals surface area contributed by atoms with Crippen LogP contribution in [0.4, 0.5) is 11.5 Å². The summed E-state index contributed by atoms with van der Waals surface area (Å²) in [5, 5.41) is 11.7. The first-order valence-electron chi connectivity index (χ1n) is 9.52. The highest BCUT2D eigenvalue weighted by molar-refractivity contribution is 6.10. The Bertz CT molecular complexity index is 1430. The van der Waals surface area contributed by atoms with Crippen molar-refractivity contribution in [2.24, 2.45) is 0 Å². The Hall–Kier alpha value is -4.33. The van der Waals surface area contributed by atoms with E-state index in [-0.39, 0.29) is 22.4 Å².